The van der Waals surface area contributed by atoms with Crippen molar-refractivity contribution in [2.24, 2.45) is 0 Å². The number of imide groups is 1. The van der Waals surface area contributed by atoms with E-state index in [0.29, 0.717) is 31.2 Å². The first kappa shape index (κ1) is 14.8. The number of carbonyl (C=O) groups is 2. The minimum atomic E-state index is -0.878. The largest absolute Gasteiger partial charge is 0.323 e. The van der Waals surface area contributed by atoms with Gasteiger partial charge in [0.15, 0.2) is 11.6 Å². The van der Waals surface area contributed by atoms with Gasteiger partial charge in [-0.2, -0.15) is 0 Å². The predicted molar refractivity (Wildman–Crippen MR) is 82.8 cm³/mol. The molecule has 4 rings (SSSR count). The number of halogens is 3. The number of hydrogen-bond acceptors (Lipinski definition) is 2. The van der Waals surface area contributed by atoms with Gasteiger partial charge in [-0.3, -0.25) is 10.1 Å². The number of carbonyl (C=O) groups excluding carboxylic acids is 2. The van der Waals surface area contributed by atoms with Gasteiger partial charge < -0.3 is 5.32 Å². The van der Waals surface area contributed by atoms with Crippen molar-refractivity contribution < 1.29 is 18.4 Å². The summed E-state index contributed by atoms with van der Waals surface area (Å²) in [5, 5.41) is 4.99. The van der Waals surface area contributed by atoms with Gasteiger partial charge in [-0.1, -0.05) is 15.9 Å². The van der Waals surface area contributed by atoms with Crippen molar-refractivity contribution in [2.45, 2.75) is 36.6 Å². The number of hydrogen-bond donors (Lipinski definition) is 2. The molecule has 120 valence electrons. The summed E-state index contributed by atoms with van der Waals surface area (Å²) in [6.45, 7) is 0. The van der Waals surface area contributed by atoms with Crippen LogP contribution in [-0.4, -0.2) is 17.5 Å². The van der Waals surface area contributed by atoms with E-state index in [0.717, 1.165) is 10.0 Å². The van der Waals surface area contributed by atoms with Crippen molar-refractivity contribution in [3.63, 3.8) is 0 Å². The van der Waals surface area contributed by atoms with E-state index in [4.69, 9.17) is 0 Å². The summed E-state index contributed by atoms with van der Waals surface area (Å²) in [6.07, 6.45) is 3.84. The van der Waals surface area contributed by atoms with Crippen LogP contribution < -0.4 is 10.6 Å². The van der Waals surface area contributed by atoms with Gasteiger partial charge in [-0.25, -0.2) is 13.6 Å². The molecule has 3 aliphatic rings. The third-order valence-corrected chi connectivity index (χ3v) is 6.31. The highest BCUT2D eigenvalue weighted by atomic mass is 79.9. The summed E-state index contributed by atoms with van der Waals surface area (Å²) in [5.41, 5.74) is 0.0640. The molecule has 0 aromatic heterocycles. The van der Waals surface area contributed by atoms with Crippen LogP contribution in [0.5, 0.6) is 0 Å². The molecule has 3 amide bonds. The van der Waals surface area contributed by atoms with Gasteiger partial charge in [0.2, 0.25) is 0 Å². The van der Waals surface area contributed by atoms with Crippen LogP contribution in [0.15, 0.2) is 16.6 Å². The Morgan fingerprint density at radius 2 is 1.70 bits per heavy atom. The molecule has 1 aliphatic heterocycles. The molecule has 23 heavy (non-hydrogen) atoms. The average molecular weight is 383 g/mol. The van der Waals surface area contributed by atoms with E-state index >= 15 is 0 Å². The fourth-order valence-corrected chi connectivity index (χ4v) is 4.85. The Hall–Kier alpha value is -1.76. The van der Waals surface area contributed by atoms with E-state index in [-0.39, 0.29) is 5.91 Å². The Balaban J connectivity index is 1.71. The standard InChI is InChI=1S/C16H13BrF2N2O2/c17-12-6-8-5-10(18)11(19)7-9(8)15(12)1-3-16(4-2-15)13(22)20-14(23)21-16/h5-7H,1-4H2,(H2,20,21,22,23). The van der Waals surface area contributed by atoms with E-state index in [1.54, 1.807) is 0 Å². The minimum Gasteiger partial charge on any atom is -0.323 e. The molecule has 0 radical (unpaired) electrons. The molecule has 0 atom stereocenters. The lowest BCUT2D eigenvalue weighted by Gasteiger charge is -2.42. The zero-order chi connectivity index (χ0) is 16.4. The van der Waals surface area contributed by atoms with Crippen LogP contribution in [0.2, 0.25) is 0 Å². The van der Waals surface area contributed by atoms with E-state index in [2.05, 4.69) is 26.6 Å². The third-order valence-electron chi connectivity index (χ3n) is 5.32. The molecule has 4 nitrogen and oxygen atoms in total. The van der Waals surface area contributed by atoms with Crippen LogP contribution in [0.25, 0.3) is 6.08 Å². The van der Waals surface area contributed by atoms with Crippen molar-refractivity contribution in [3.8, 4) is 0 Å². The highest BCUT2D eigenvalue weighted by molar-refractivity contribution is 9.11. The van der Waals surface area contributed by atoms with Crippen LogP contribution >= 0.6 is 15.9 Å². The number of benzene rings is 1. The summed E-state index contributed by atoms with van der Waals surface area (Å²) in [6, 6.07) is 1.98. The highest BCUT2D eigenvalue weighted by Gasteiger charge is 2.54. The van der Waals surface area contributed by atoms with Crippen molar-refractivity contribution in [1.82, 2.24) is 10.6 Å². The molecule has 2 fully saturated rings. The molecule has 1 saturated carbocycles. The van der Waals surface area contributed by atoms with E-state index in [1.807, 2.05) is 6.08 Å². The van der Waals surface area contributed by atoms with Gasteiger partial charge in [0.25, 0.3) is 5.91 Å². The Labute approximate surface area is 139 Å². The Morgan fingerprint density at radius 3 is 2.30 bits per heavy atom. The molecule has 1 saturated heterocycles. The molecule has 2 N–H and O–H groups in total. The van der Waals surface area contributed by atoms with Gasteiger partial charge >= 0.3 is 6.03 Å². The SMILES string of the molecule is O=C1NC(=O)C2(CCC3(CC2)C(Br)=Cc2cc(F)c(F)cc23)N1. The second kappa shape index (κ2) is 4.63. The maximum atomic E-state index is 13.7. The predicted octanol–water partition coefficient (Wildman–Crippen LogP) is 3.10. The number of allylic oxidation sites excluding steroid dienone is 1. The smallest absolute Gasteiger partial charge is 0.322 e. The molecule has 2 aliphatic carbocycles. The Morgan fingerprint density at radius 1 is 1.04 bits per heavy atom. The van der Waals surface area contributed by atoms with Gasteiger partial charge in [0, 0.05) is 9.90 Å². The fraction of sp³-hybridized carbons (Fsp3) is 0.375. The molecular formula is C16H13BrF2N2O2. The van der Waals surface area contributed by atoms with E-state index in [9.17, 15) is 18.4 Å². The second-order valence-electron chi connectivity index (χ2n) is 6.42. The zero-order valence-electron chi connectivity index (χ0n) is 12.0. The van der Waals surface area contributed by atoms with Crippen molar-refractivity contribution in [1.29, 1.82) is 0 Å². The molecule has 1 aromatic rings. The summed E-state index contributed by atoms with van der Waals surface area (Å²) in [5.74, 6) is -2.04. The topological polar surface area (TPSA) is 58.2 Å². The Bertz CT molecular complexity index is 783. The fourth-order valence-electron chi connectivity index (χ4n) is 3.99. The maximum Gasteiger partial charge on any atom is 0.322 e. The number of nitrogens with one attached hydrogen (secondary N) is 2. The van der Waals surface area contributed by atoms with Crippen LogP contribution in [0.4, 0.5) is 13.6 Å². The summed E-state index contributed by atoms with van der Waals surface area (Å²) < 4.78 is 28.0. The molecule has 1 heterocycles. The van der Waals surface area contributed by atoms with Gasteiger partial charge in [0.05, 0.1) is 0 Å². The normalized spacial score (nSPS) is 32.0. The minimum absolute atomic E-state index is 0.305. The first-order valence-electron chi connectivity index (χ1n) is 7.37. The average Bonchev–Trinajstić information content (AvgIpc) is 2.91. The number of rotatable bonds is 0. The van der Waals surface area contributed by atoms with E-state index in [1.165, 1.54) is 12.1 Å². The third kappa shape index (κ3) is 1.92. The monoisotopic (exact) mass is 382 g/mol. The van der Waals surface area contributed by atoms with Crippen LogP contribution in [0.3, 0.4) is 0 Å². The lowest BCUT2D eigenvalue weighted by Crippen LogP contribution is -2.52. The maximum absolute atomic E-state index is 13.7. The summed E-state index contributed by atoms with van der Waals surface area (Å²) in [4.78, 5) is 23.5. The number of fused-ring (bicyclic) bond motifs is 2. The van der Waals surface area contributed by atoms with Crippen LogP contribution in [-0.2, 0) is 10.2 Å². The molecule has 0 unspecified atom stereocenters. The first-order chi connectivity index (χ1) is 10.9. The van der Waals surface area contributed by atoms with Gasteiger partial charge in [-0.05, 0) is 55.0 Å². The molecule has 0 bridgehead atoms. The van der Waals surface area contributed by atoms with Crippen molar-refractivity contribution in [2.75, 3.05) is 0 Å². The van der Waals surface area contributed by atoms with Crippen molar-refractivity contribution in [3.05, 3.63) is 39.4 Å². The lowest BCUT2D eigenvalue weighted by molar-refractivity contribution is -0.125. The molecule has 7 heteroatoms. The van der Waals surface area contributed by atoms with Crippen LogP contribution in [0.1, 0.15) is 36.8 Å². The van der Waals surface area contributed by atoms with Gasteiger partial charge in [0.1, 0.15) is 5.54 Å². The van der Waals surface area contributed by atoms with Crippen LogP contribution in [0, 0.1) is 11.6 Å². The number of urea groups is 1. The lowest BCUT2D eigenvalue weighted by atomic mass is 9.65. The summed E-state index contributed by atoms with van der Waals surface area (Å²) >= 11 is 3.54. The first-order valence-corrected chi connectivity index (χ1v) is 8.16. The molecule has 1 aromatic carbocycles. The van der Waals surface area contributed by atoms with Crippen molar-refractivity contribution >= 4 is 33.9 Å². The van der Waals surface area contributed by atoms with E-state index < -0.39 is 28.6 Å². The Kier molecular flexibility index (Phi) is 2.98. The van der Waals surface area contributed by atoms with Gasteiger partial charge in [-0.15, -0.1) is 0 Å². The summed E-state index contributed by atoms with van der Waals surface area (Å²) in [7, 11) is 0. The number of amides is 3. The highest BCUT2D eigenvalue weighted by Crippen LogP contribution is 2.55. The zero-order valence-corrected chi connectivity index (χ0v) is 13.6. The molecular weight excluding hydrogens is 370 g/mol. The molecule has 2 spiro atoms. The quantitative estimate of drug-likeness (QED) is 0.677. The second-order valence-corrected chi connectivity index (χ2v) is 7.27.